The van der Waals surface area contributed by atoms with Gasteiger partial charge in [0, 0.05) is 18.6 Å². The van der Waals surface area contributed by atoms with E-state index in [-0.39, 0.29) is 0 Å². The summed E-state index contributed by atoms with van der Waals surface area (Å²) in [5.74, 6) is 0.875. The molecule has 2 fully saturated rings. The molecule has 18 heavy (non-hydrogen) atoms. The third kappa shape index (κ3) is 4.87. The zero-order valence-electron chi connectivity index (χ0n) is 12.3. The molecule has 2 rings (SSSR count). The number of rotatable bonds is 5. The molecule has 2 aliphatic heterocycles. The Kier molecular flexibility index (Phi) is 5.93. The first-order valence-electron chi connectivity index (χ1n) is 7.89. The van der Waals surface area contributed by atoms with Crippen LogP contribution in [0.5, 0.6) is 0 Å². The molecular formula is C15H31N3. The van der Waals surface area contributed by atoms with Crippen LogP contribution in [0.1, 0.15) is 45.4 Å². The Morgan fingerprint density at radius 2 is 2.17 bits per heavy atom. The third-order valence-corrected chi connectivity index (χ3v) is 4.54. The van der Waals surface area contributed by atoms with E-state index in [2.05, 4.69) is 29.5 Å². The standard InChI is InChI=1S/C15H31N3/c1-13(10-15-6-4-3-5-8-16-15)17-11-14-7-9-18(2)12-14/h13-17H,3-12H2,1-2H3. The lowest BCUT2D eigenvalue weighted by Gasteiger charge is -2.23. The van der Waals surface area contributed by atoms with Crippen molar-refractivity contribution in [3.8, 4) is 0 Å². The van der Waals surface area contributed by atoms with Gasteiger partial charge >= 0.3 is 0 Å². The van der Waals surface area contributed by atoms with Crippen molar-refractivity contribution in [3.63, 3.8) is 0 Å². The van der Waals surface area contributed by atoms with Gasteiger partial charge in [-0.25, -0.2) is 0 Å². The molecule has 0 aliphatic carbocycles. The molecular weight excluding hydrogens is 222 g/mol. The van der Waals surface area contributed by atoms with Gasteiger partial charge in [0.05, 0.1) is 0 Å². The maximum atomic E-state index is 3.75. The first-order valence-corrected chi connectivity index (χ1v) is 7.89. The van der Waals surface area contributed by atoms with E-state index in [9.17, 15) is 0 Å². The summed E-state index contributed by atoms with van der Waals surface area (Å²) >= 11 is 0. The van der Waals surface area contributed by atoms with Crippen LogP contribution >= 0.6 is 0 Å². The van der Waals surface area contributed by atoms with Crippen molar-refractivity contribution in [2.75, 3.05) is 33.2 Å². The van der Waals surface area contributed by atoms with Crippen LogP contribution in [0.15, 0.2) is 0 Å². The van der Waals surface area contributed by atoms with Crippen molar-refractivity contribution >= 4 is 0 Å². The lowest BCUT2D eigenvalue weighted by molar-refractivity contribution is 0.360. The van der Waals surface area contributed by atoms with E-state index < -0.39 is 0 Å². The average Bonchev–Trinajstić information content (AvgIpc) is 2.60. The van der Waals surface area contributed by atoms with Crippen LogP contribution in [-0.4, -0.2) is 50.2 Å². The van der Waals surface area contributed by atoms with Crippen LogP contribution in [0.4, 0.5) is 0 Å². The predicted molar refractivity (Wildman–Crippen MR) is 77.9 cm³/mol. The second kappa shape index (κ2) is 7.46. The van der Waals surface area contributed by atoms with Crippen LogP contribution in [0.25, 0.3) is 0 Å². The maximum Gasteiger partial charge on any atom is 0.00817 e. The summed E-state index contributed by atoms with van der Waals surface area (Å²) in [4.78, 5) is 2.45. The van der Waals surface area contributed by atoms with E-state index in [1.54, 1.807) is 0 Å². The molecule has 2 N–H and O–H groups in total. The zero-order chi connectivity index (χ0) is 12.8. The van der Waals surface area contributed by atoms with Crippen LogP contribution in [-0.2, 0) is 0 Å². The molecule has 0 amide bonds. The molecule has 0 aromatic heterocycles. The lowest BCUT2D eigenvalue weighted by Crippen LogP contribution is -2.38. The highest BCUT2D eigenvalue weighted by atomic mass is 15.1. The van der Waals surface area contributed by atoms with Crippen molar-refractivity contribution < 1.29 is 0 Å². The SMILES string of the molecule is CC(CC1CCCCCN1)NCC1CCN(C)C1. The fourth-order valence-electron chi connectivity index (χ4n) is 3.37. The molecule has 3 heteroatoms. The summed E-state index contributed by atoms with van der Waals surface area (Å²) in [6.45, 7) is 7.35. The Labute approximate surface area is 113 Å². The highest BCUT2D eigenvalue weighted by molar-refractivity contribution is 4.79. The van der Waals surface area contributed by atoms with E-state index in [0.717, 1.165) is 12.0 Å². The van der Waals surface area contributed by atoms with Crippen molar-refractivity contribution in [1.82, 2.24) is 15.5 Å². The Morgan fingerprint density at radius 1 is 1.28 bits per heavy atom. The molecule has 3 nitrogen and oxygen atoms in total. The van der Waals surface area contributed by atoms with Crippen molar-refractivity contribution in [3.05, 3.63) is 0 Å². The first kappa shape index (κ1) is 14.3. The van der Waals surface area contributed by atoms with Gasteiger partial charge < -0.3 is 15.5 Å². The van der Waals surface area contributed by atoms with E-state index in [1.807, 2.05) is 0 Å². The van der Waals surface area contributed by atoms with Gasteiger partial charge in [-0.15, -0.1) is 0 Å². The molecule has 0 saturated carbocycles. The van der Waals surface area contributed by atoms with E-state index in [1.165, 1.54) is 64.7 Å². The largest absolute Gasteiger partial charge is 0.314 e. The molecule has 106 valence electrons. The summed E-state index contributed by atoms with van der Waals surface area (Å²) in [5, 5.41) is 7.45. The summed E-state index contributed by atoms with van der Waals surface area (Å²) in [6.07, 6.45) is 8.24. The van der Waals surface area contributed by atoms with Crippen LogP contribution in [0.2, 0.25) is 0 Å². The van der Waals surface area contributed by atoms with Gasteiger partial charge in [0.15, 0.2) is 0 Å². The first-order chi connectivity index (χ1) is 8.74. The van der Waals surface area contributed by atoms with E-state index in [0.29, 0.717) is 6.04 Å². The fourth-order valence-corrected chi connectivity index (χ4v) is 3.37. The Morgan fingerprint density at radius 3 is 2.94 bits per heavy atom. The van der Waals surface area contributed by atoms with Gasteiger partial charge in [-0.2, -0.15) is 0 Å². The highest BCUT2D eigenvalue weighted by Crippen LogP contribution is 2.15. The smallest absolute Gasteiger partial charge is 0.00817 e. The summed E-state index contributed by atoms with van der Waals surface area (Å²) < 4.78 is 0. The van der Waals surface area contributed by atoms with Crippen molar-refractivity contribution in [1.29, 1.82) is 0 Å². The Bertz CT molecular complexity index is 224. The summed E-state index contributed by atoms with van der Waals surface area (Å²) in [5.41, 5.74) is 0. The van der Waals surface area contributed by atoms with Gasteiger partial charge in [0.1, 0.15) is 0 Å². The van der Waals surface area contributed by atoms with E-state index >= 15 is 0 Å². The Balaban J connectivity index is 1.60. The van der Waals surface area contributed by atoms with Crippen LogP contribution in [0, 0.1) is 5.92 Å². The fraction of sp³-hybridized carbons (Fsp3) is 1.00. The quantitative estimate of drug-likeness (QED) is 0.783. The summed E-state index contributed by atoms with van der Waals surface area (Å²) in [7, 11) is 2.23. The zero-order valence-corrected chi connectivity index (χ0v) is 12.3. The molecule has 3 unspecified atom stereocenters. The van der Waals surface area contributed by atoms with Gasteiger partial charge in [0.25, 0.3) is 0 Å². The number of hydrogen-bond acceptors (Lipinski definition) is 3. The summed E-state index contributed by atoms with van der Waals surface area (Å²) in [6, 6.07) is 1.41. The molecule has 0 bridgehead atoms. The second-order valence-corrected chi connectivity index (χ2v) is 6.46. The van der Waals surface area contributed by atoms with Crippen molar-refractivity contribution in [2.45, 2.75) is 57.5 Å². The molecule has 0 aromatic rings. The molecule has 0 radical (unpaired) electrons. The van der Waals surface area contributed by atoms with Gasteiger partial charge in [-0.05, 0) is 65.2 Å². The van der Waals surface area contributed by atoms with Gasteiger partial charge in [-0.3, -0.25) is 0 Å². The molecule has 0 spiro atoms. The highest BCUT2D eigenvalue weighted by Gasteiger charge is 2.20. The monoisotopic (exact) mass is 253 g/mol. The van der Waals surface area contributed by atoms with Gasteiger partial charge in [-0.1, -0.05) is 12.8 Å². The third-order valence-electron chi connectivity index (χ3n) is 4.54. The normalized spacial score (nSPS) is 32.3. The maximum absolute atomic E-state index is 3.75. The number of likely N-dealkylation sites (tertiary alicyclic amines) is 1. The number of nitrogens with zero attached hydrogens (tertiary/aromatic N) is 1. The van der Waals surface area contributed by atoms with Crippen LogP contribution < -0.4 is 10.6 Å². The second-order valence-electron chi connectivity index (χ2n) is 6.46. The van der Waals surface area contributed by atoms with E-state index in [4.69, 9.17) is 0 Å². The molecule has 2 heterocycles. The molecule has 2 saturated heterocycles. The predicted octanol–water partition coefficient (Wildman–Crippen LogP) is 1.84. The molecule has 2 aliphatic rings. The van der Waals surface area contributed by atoms with Crippen LogP contribution in [0.3, 0.4) is 0 Å². The minimum absolute atomic E-state index is 0.659. The van der Waals surface area contributed by atoms with Gasteiger partial charge in [0.2, 0.25) is 0 Å². The minimum atomic E-state index is 0.659. The van der Waals surface area contributed by atoms with Crippen molar-refractivity contribution in [2.24, 2.45) is 5.92 Å². The number of nitrogens with one attached hydrogen (secondary N) is 2. The average molecular weight is 253 g/mol. The topological polar surface area (TPSA) is 27.3 Å². The Hall–Kier alpha value is -0.120. The number of hydrogen-bond donors (Lipinski definition) is 2. The molecule has 0 aromatic carbocycles. The lowest BCUT2D eigenvalue weighted by atomic mass is 10.0. The minimum Gasteiger partial charge on any atom is -0.314 e. The molecule has 3 atom stereocenters.